The highest BCUT2D eigenvalue weighted by Crippen LogP contribution is 2.35. The predicted molar refractivity (Wildman–Crippen MR) is 63.5 cm³/mol. The lowest BCUT2D eigenvalue weighted by Crippen LogP contribution is -2.24. The summed E-state index contributed by atoms with van der Waals surface area (Å²) in [5.41, 5.74) is 2.47. The summed E-state index contributed by atoms with van der Waals surface area (Å²) in [6.07, 6.45) is 0. The van der Waals surface area contributed by atoms with Gasteiger partial charge >= 0.3 is 0 Å². The number of anilines is 2. The molecular weight excluding hydrogens is 212 g/mol. The third-order valence-corrected chi connectivity index (χ3v) is 4.10. The van der Waals surface area contributed by atoms with E-state index in [1.807, 2.05) is 11.3 Å². The summed E-state index contributed by atoms with van der Waals surface area (Å²) in [6.45, 7) is 0.976. The highest BCUT2D eigenvalue weighted by molar-refractivity contribution is 7.10. The van der Waals surface area contributed by atoms with Gasteiger partial charge in [-0.15, -0.1) is 22.7 Å². The van der Waals surface area contributed by atoms with Gasteiger partial charge in [0.1, 0.15) is 0 Å². The van der Waals surface area contributed by atoms with E-state index >= 15 is 0 Å². The lowest BCUT2D eigenvalue weighted by Gasteiger charge is -2.25. The van der Waals surface area contributed by atoms with Crippen molar-refractivity contribution in [2.24, 2.45) is 0 Å². The van der Waals surface area contributed by atoms with Crippen molar-refractivity contribution in [2.45, 2.75) is 6.04 Å². The predicted octanol–water partition coefficient (Wildman–Crippen LogP) is 3.39. The van der Waals surface area contributed by atoms with Crippen LogP contribution in [0, 0.1) is 0 Å². The molecule has 1 aliphatic heterocycles. The zero-order chi connectivity index (χ0) is 9.38. The molecule has 0 radical (unpaired) electrons. The highest BCUT2D eigenvalue weighted by atomic mass is 32.1. The van der Waals surface area contributed by atoms with Gasteiger partial charge in [-0.05, 0) is 11.4 Å². The quantitative estimate of drug-likeness (QED) is 0.773. The summed E-state index contributed by atoms with van der Waals surface area (Å²) in [7, 11) is 0. The van der Waals surface area contributed by atoms with E-state index < -0.39 is 0 Å². The highest BCUT2D eigenvalue weighted by Gasteiger charge is 2.19. The molecule has 72 valence electrons. The van der Waals surface area contributed by atoms with E-state index in [2.05, 4.69) is 38.9 Å². The molecule has 1 aliphatic rings. The topological polar surface area (TPSA) is 24.1 Å². The molecule has 0 aromatic carbocycles. The number of hydrogen-bond acceptors (Lipinski definition) is 4. The van der Waals surface area contributed by atoms with Gasteiger partial charge in [0.05, 0.1) is 17.4 Å². The van der Waals surface area contributed by atoms with Gasteiger partial charge in [0.15, 0.2) is 0 Å². The first-order chi connectivity index (χ1) is 6.93. The minimum Gasteiger partial charge on any atom is -0.380 e. The maximum absolute atomic E-state index is 3.54. The Kier molecular flexibility index (Phi) is 1.96. The molecule has 3 heterocycles. The second-order valence-corrected chi connectivity index (χ2v) is 5.02. The van der Waals surface area contributed by atoms with Crippen molar-refractivity contribution >= 4 is 34.0 Å². The van der Waals surface area contributed by atoms with Crippen molar-refractivity contribution < 1.29 is 0 Å². The van der Waals surface area contributed by atoms with Gasteiger partial charge < -0.3 is 10.6 Å². The Balaban J connectivity index is 1.88. The van der Waals surface area contributed by atoms with Gasteiger partial charge in [-0.3, -0.25) is 0 Å². The monoisotopic (exact) mass is 222 g/mol. The van der Waals surface area contributed by atoms with E-state index in [0.29, 0.717) is 6.04 Å². The maximum Gasteiger partial charge on any atom is 0.0779 e. The third kappa shape index (κ3) is 1.31. The SMILES string of the molecule is c1csc(C2CNc3cscc3N2)c1. The van der Waals surface area contributed by atoms with E-state index in [1.54, 1.807) is 11.3 Å². The van der Waals surface area contributed by atoms with Crippen molar-refractivity contribution in [1.29, 1.82) is 0 Å². The molecule has 1 unspecified atom stereocenters. The second kappa shape index (κ2) is 3.29. The molecule has 2 N–H and O–H groups in total. The molecule has 0 aliphatic carbocycles. The molecule has 0 bridgehead atoms. The van der Waals surface area contributed by atoms with Gasteiger partial charge in [-0.2, -0.15) is 0 Å². The van der Waals surface area contributed by atoms with Crippen molar-refractivity contribution in [3.8, 4) is 0 Å². The van der Waals surface area contributed by atoms with Gasteiger partial charge in [-0.1, -0.05) is 6.07 Å². The Labute approximate surface area is 90.6 Å². The fourth-order valence-electron chi connectivity index (χ4n) is 1.66. The summed E-state index contributed by atoms with van der Waals surface area (Å²) in [5.74, 6) is 0. The van der Waals surface area contributed by atoms with Crippen LogP contribution in [0.5, 0.6) is 0 Å². The normalized spacial score (nSPS) is 19.6. The summed E-state index contributed by atoms with van der Waals surface area (Å²) < 4.78 is 0. The Morgan fingerprint density at radius 1 is 1.29 bits per heavy atom. The van der Waals surface area contributed by atoms with Gasteiger partial charge in [0.2, 0.25) is 0 Å². The van der Waals surface area contributed by atoms with E-state index in [4.69, 9.17) is 0 Å². The van der Waals surface area contributed by atoms with E-state index in [9.17, 15) is 0 Å². The van der Waals surface area contributed by atoms with E-state index in [0.717, 1.165) is 6.54 Å². The number of thiophene rings is 2. The van der Waals surface area contributed by atoms with E-state index in [-0.39, 0.29) is 0 Å². The minimum atomic E-state index is 0.428. The molecule has 2 nitrogen and oxygen atoms in total. The lowest BCUT2D eigenvalue weighted by atomic mass is 10.2. The van der Waals surface area contributed by atoms with Gasteiger partial charge in [0.25, 0.3) is 0 Å². The minimum absolute atomic E-state index is 0.428. The number of fused-ring (bicyclic) bond motifs is 1. The lowest BCUT2D eigenvalue weighted by molar-refractivity contribution is 0.823. The molecule has 3 rings (SSSR count). The van der Waals surface area contributed by atoms with Gasteiger partial charge in [0, 0.05) is 22.2 Å². The summed E-state index contributed by atoms with van der Waals surface area (Å²) >= 11 is 3.54. The smallest absolute Gasteiger partial charge is 0.0779 e. The fourth-order valence-corrected chi connectivity index (χ4v) is 3.18. The first kappa shape index (κ1) is 8.32. The zero-order valence-electron chi connectivity index (χ0n) is 7.49. The number of hydrogen-bond donors (Lipinski definition) is 2. The van der Waals surface area contributed by atoms with Crippen LogP contribution in [-0.2, 0) is 0 Å². The number of nitrogens with one attached hydrogen (secondary N) is 2. The summed E-state index contributed by atoms with van der Waals surface area (Å²) in [4.78, 5) is 1.40. The molecule has 0 saturated carbocycles. The van der Waals surface area contributed by atoms with Crippen LogP contribution in [0.25, 0.3) is 0 Å². The van der Waals surface area contributed by atoms with E-state index in [1.165, 1.54) is 16.3 Å². The second-order valence-electron chi connectivity index (χ2n) is 3.29. The van der Waals surface area contributed by atoms with Crippen LogP contribution >= 0.6 is 22.7 Å². The van der Waals surface area contributed by atoms with Crippen LogP contribution in [0.4, 0.5) is 11.4 Å². The molecule has 4 heteroatoms. The average Bonchev–Trinajstić information content (AvgIpc) is 2.88. The number of rotatable bonds is 1. The van der Waals surface area contributed by atoms with Crippen LogP contribution in [-0.4, -0.2) is 6.54 Å². The van der Waals surface area contributed by atoms with Crippen molar-refractivity contribution in [1.82, 2.24) is 0 Å². The van der Waals surface area contributed by atoms with Gasteiger partial charge in [-0.25, -0.2) is 0 Å². The molecule has 0 amide bonds. The Morgan fingerprint density at radius 3 is 3.07 bits per heavy atom. The van der Waals surface area contributed by atoms with Crippen LogP contribution in [0.1, 0.15) is 10.9 Å². The first-order valence-electron chi connectivity index (χ1n) is 4.53. The van der Waals surface area contributed by atoms with Crippen LogP contribution in [0.2, 0.25) is 0 Å². The van der Waals surface area contributed by atoms with Crippen LogP contribution in [0.3, 0.4) is 0 Å². The third-order valence-electron chi connectivity index (χ3n) is 2.37. The Morgan fingerprint density at radius 2 is 2.21 bits per heavy atom. The van der Waals surface area contributed by atoms with Crippen LogP contribution < -0.4 is 10.6 Å². The van der Waals surface area contributed by atoms with Crippen molar-refractivity contribution in [3.05, 3.63) is 33.2 Å². The largest absolute Gasteiger partial charge is 0.380 e. The molecular formula is C10H10N2S2. The fraction of sp³-hybridized carbons (Fsp3) is 0.200. The molecule has 0 saturated heterocycles. The zero-order valence-corrected chi connectivity index (χ0v) is 9.12. The first-order valence-corrected chi connectivity index (χ1v) is 6.36. The molecule has 2 aromatic heterocycles. The molecule has 0 fully saturated rings. The molecule has 0 spiro atoms. The summed E-state index contributed by atoms with van der Waals surface area (Å²) in [5, 5.41) is 13.4. The standard InChI is InChI=1S/C10H10N2S2/c1-2-10(14-3-1)7-4-11-8-5-13-6-9(8)12-7/h1-3,5-7,11-12H,4H2. The van der Waals surface area contributed by atoms with Crippen LogP contribution in [0.15, 0.2) is 28.3 Å². The van der Waals surface area contributed by atoms with Crippen molar-refractivity contribution in [2.75, 3.05) is 17.2 Å². The molecule has 14 heavy (non-hydrogen) atoms. The Hall–Kier alpha value is -1.00. The Bertz CT molecular complexity index is 419. The average molecular weight is 222 g/mol. The molecule has 2 aromatic rings. The maximum atomic E-state index is 3.54. The van der Waals surface area contributed by atoms with Crippen molar-refractivity contribution in [3.63, 3.8) is 0 Å². The summed E-state index contributed by atoms with van der Waals surface area (Å²) in [6, 6.07) is 4.71. The molecule has 1 atom stereocenters.